The van der Waals surface area contributed by atoms with E-state index in [0.717, 1.165) is 19.3 Å². The molecular weight excluding hydrogens is 503 g/mol. The van der Waals surface area contributed by atoms with Gasteiger partial charge in [0.15, 0.2) is 11.9 Å². The molecule has 0 aromatic rings. The first-order chi connectivity index (χ1) is 17.4. The van der Waals surface area contributed by atoms with E-state index in [4.69, 9.17) is 24.0 Å². The van der Waals surface area contributed by atoms with Crippen LogP contribution in [0.4, 0.5) is 0 Å². The fraction of sp³-hybridized carbons (Fsp3) is 0.885. The van der Waals surface area contributed by atoms with Crippen LogP contribution in [0.25, 0.3) is 0 Å². The van der Waals surface area contributed by atoms with Crippen LogP contribution in [0.1, 0.15) is 111 Å². The molecule has 11 heteroatoms. The molecule has 0 aromatic heterocycles. The molecule has 0 aliphatic carbocycles. The molecule has 218 valence electrons. The van der Waals surface area contributed by atoms with Gasteiger partial charge in [-0.15, -0.1) is 0 Å². The van der Waals surface area contributed by atoms with Crippen LogP contribution in [0.15, 0.2) is 11.5 Å². The average Bonchev–Trinajstić information content (AvgIpc) is 3.10. The molecule has 0 unspecified atom stereocenters. The van der Waals surface area contributed by atoms with E-state index in [2.05, 4.69) is 11.4 Å². The minimum atomic E-state index is -5.08. The lowest BCUT2D eigenvalue weighted by atomic mass is 10.0. The van der Waals surface area contributed by atoms with Gasteiger partial charge in [0.25, 0.3) is 5.76 Å². The van der Waals surface area contributed by atoms with E-state index in [1.165, 1.54) is 84.5 Å². The Morgan fingerprint density at radius 3 is 1.86 bits per heavy atom. The number of aliphatic hydroxyl groups is 2. The van der Waals surface area contributed by atoms with Crippen molar-refractivity contribution in [2.24, 2.45) is 0 Å². The van der Waals surface area contributed by atoms with Crippen molar-refractivity contribution in [1.29, 1.82) is 0 Å². The van der Waals surface area contributed by atoms with Crippen LogP contribution in [0.3, 0.4) is 0 Å². The Morgan fingerprint density at radius 2 is 1.41 bits per heavy atom. The van der Waals surface area contributed by atoms with E-state index in [1.807, 2.05) is 0 Å². The first-order valence-corrected chi connectivity index (χ1v) is 15.3. The molecule has 0 bridgehead atoms. The zero-order valence-electron chi connectivity index (χ0n) is 22.9. The largest absolute Gasteiger partial charge is 0.525 e. The molecule has 2 atom stereocenters. The third-order valence-corrected chi connectivity index (χ3v) is 6.39. The first-order valence-electron chi connectivity index (χ1n) is 13.8. The molecule has 0 spiro atoms. The highest BCUT2D eigenvalue weighted by Gasteiger charge is 2.44. The van der Waals surface area contributed by atoms with Crippen molar-refractivity contribution in [1.82, 2.24) is 0 Å². The van der Waals surface area contributed by atoms with Crippen molar-refractivity contribution in [3.8, 4) is 0 Å². The molecular formula is C26H49O10P. The zero-order valence-corrected chi connectivity index (χ0v) is 23.8. The van der Waals surface area contributed by atoms with Crippen LogP contribution in [0.5, 0.6) is 0 Å². The van der Waals surface area contributed by atoms with Crippen LogP contribution in [0.2, 0.25) is 0 Å². The number of hydrogen-bond donors (Lipinski definition) is 4. The van der Waals surface area contributed by atoms with Gasteiger partial charge >= 0.3 is 13.8 Å². The zero-order chi connectivity index (χ0) is 27.7. The number of carbonyl (C=O) groups excluding carboxylic acids is 1. The summed E-state index contributed by atoms with van der Waals surface area (Å²) in [4.78, 5) is 30.2. The molecule has 1 rings (SSSR count). The van der Waals surface area contributed by atoms with Crippen molar-refractivity contribution in [2.45, 2.75) is 128 Å². The van der Waals surface area contributed by atoms with Crippen molar-refractivity contribution in [2.75, 3.05) is 19.8 Å². The van der Waals surface area contributed by atoms with E-state index >= 15 is 0 Å². The third kappa shape index (κ3) is 16.4. The summed E-state index contributed by atoms with van der Waals surface area (Å²) in [5.74, 6) is -2.39. The molecule has 1 aliphatic heterocycles. The second kappa shape index (κ2) is 18.2. The summed E-state index contributed by atoms with van der Waals surface area (Å²) in [6.45, 7) is 5.06. The van der Waals surface area contributed by atoms with Gasteiger partial charge < -0.3 is 28.9 Å². The predicted octanol–water partition coefficient (Wildman–Crippen LogP) is 4.88. The minimum Gasteiger partial charge on any atom is -0.487 e. The van der Waals surface area contributed by atoms with Crippen LogP contribution in [0, 0.1) is 0 Å². The summed E-state index contributed by atoms with van der Waals surface area (Å²) >= 11 is 0. The molecule has 4 N–H and O–H groups in total. The fourth-order valence-electron chi connectivity index (χ4n) is 4.00. The number of phosphoric ester groups is 1. The number of esters is 1. The molecule has 10 nitrogen and oxygen atoms in total. The van der Waals surface area contributed by atoms with Gasteiger partial charge in [0, 0.05) is 6.61 Å². The standard InChI is InChI=1S/C26H49O10P/c1-4-5-6-7-8-9-10-11-12-13-14-15-16-17-18-33-19-21(27)22-23(34-20-26(2,3)29)24(25(28)35-22)36-37(30,31)32/h21-22,27,29H,4-20H2,1-3H3,(H2,30,31,32)/t21-,22+/m0/s1. The number of hydrogen-bond acceptors (Lipinski definition) is 8. The Kier molecular flexibility index (Phi) is 16.6. The maximum atomic E-state index is 12.1. The van der Waals surface area contributed by atoms with Crippen LogP contribution >= 0.6 is 7.82 Å². The smallest absolute Gasteiger partial charge is 0.487 e. The molecule has 0 fully saturated rings. The maximum Gasteiger partial charge on any atom is 0.525 e. The Hall–Kier alpha value is -1.16. The lowest BCUT2D eigenvalue weighted by Crippen LogP contribution is -2.35. The summed E-state index contributed by atoms with van der Waals surface area (Å²) < 4.78 is 31.5. The second-order valence-corrected chi connectivity index (χ2v) is 11.6. The molecule has 1 heterocycles. The highest BCUT2D eigenvalue weighted by molar-refractivity contribution is 7.46. The van der Waals surface area contributed by atoms with Gasteiger partial charge in [0.05, 0.1) is 12.2 Å². The van der Waals surface area contributed by atoms with Crippen molar-refractivity contribution < 1.29 is 48.1 Å². The first kappa shape index (κ1) is 33.9. The topological polar surface area (TPSA) is 152 Å². The number of aliphatic hydroxyl groups excluding tert-OH is 1. The number of rotatable bonds is 23. The van der Waals surface area contributed by atoms with Gasteiger partial charge in [-0.25, -0.2) is 9.36 Å². The fourth-order valence-corrected chi connectivity index (χ4v) is 4.40. The van der Waals surface area contributed by atoms with Gasteiger partial charge in [-0.05, 0) is 20.3 Å². The minimum absolute atomic E-state index is 0.172. The monoisotopic (exact) mass is 552 g/mol. The Labute approximate surface area is 222 Å². The molecule has 0 saturated carbocycles. The molecule has 0 amide bonds. The van der Waals surface area contributed by atoms with E-state index < -0.39 is 37.4 Å². The van der Waals surface area contributed by atoms with Crippen molar-refractivity contribution >= 4 is 13.8 Å². The third-order valence-electron chi connectivity index (χ3n) is 5.97. The van der Waals surface area contributed by atoms with Crippen LogP contribution in [-0.2, 0) is 28.1 Å². The van der Waals surface area contributed by atoms with Gasteiger partial charge in [-0.1, -0.05) is 90.4 Å². The van der Waals surface area contributed by atoms with E-state index in [1.54, 1.807) is 0 Å². The lowest BCUT2D eigenvalue weighted by molar-refractivity contribution is -0.149. The Balaban J connectivity index is 2.24. The van der Waals surface area contributed by atoms with Gasteiger partial charge in [-0.2, -0.15) is 0 Å². The average molecular weight is 553 g/mol. The summed E-state index contributed by atoms with van der Waals surface area (Å²) in [6, 6.07) is 0. The van der Waals surface area contributed by atoms with Gasteiger partial charge in [0.2, 0.25) is 0 Å². The highest BCUT2D eigenvalue weighted by atomic mass is 31.2. The van der Waals surface area contributed by atoms with Gasteiger partial charge in [-0.3, -0.25) is 9.79 Å². The number of ether oxygens (including phenoxy) is 3. The second-order valence-electron chi connectivity index (χ2n) is 10.4. The molecule has 37 heavy (non-hydrogen) atoms. The number of carbonyl (C=O) groups is 1. The summed E-state index contributed by atoms with van der Waals surface area (Å²) in [5, 5.41) is 20.4. The van der Waals surface area contributed by atoms with E-state index in [0.29, 0.717) is 6.61 Å². The predicted molar refractivity (Wildman–Crippen MR) is 139 cm³/mol. The maximum absolute atomic E-state index is 12.1. The number of phosphoric acid groups is 1. The molecule has 0 saturated heterocycles. The van der Waals surface area contributed by atoms with Crippen LogP contribution in [-0.4, -0.2) is 63.6 Å². The quantitative estimate of drug-likeness (QED) is 0.0784. The van der Waals surface area contributed by atoms with E-state index in [9.17, 15) is 19.6 Å². The lowest BCUT2D eigenvalue weighted by Gasteiger charge is -2.23. The molecule has 0 aromatic carbocycles. The highest BCUT2D eigenvalue weighted by Crippen LogP contribution is 2.43. The van der Waals surface area contributed by atoms with Gasteiger partial charge in [0.1, 0.15) is 12.7 Å². The van der Waals surface area contributed by atoms with Crippen LogP contribution < -0.4 is 0 Å². The summed E-state index contributed by atoms with van der Waals surface area (Å²) in [6.07, 6.45) is 14.8. The molecule has 1 aliphatic rings. The number of cyclic esters (lactones) is 1. The van der Waals surface area contributed by atoms with Crippen molar-refractivity contribution in [3.05, 3.63) is 11.5 Å². The SMILES string of the molecule is CCCCCCCCCCCCCCCCOC[C@H](O)[C@H]1OC(=O)C(OP(=O)(O)O)=C1OCC(C)(C)O. The molecule has 0 radical (unpaired) electrons. The van der Waals surface area contributed by atoms with Crippen molar-refractivity contribution in [3.63, 3.8) is 0 Å². The Morgan fingerprint density at radius 1 is 0.919 bits per heavy atom. The normalized spacial score (nSPS) is 17.3. The Bertz CT molecular complexity index is 713. The summed E-state index contributed by atoms with van der Waals surface area (Å²) in [7, 11) is -5.08. The van der Waals surface area contributed by atoms with E-state index in [-0.39, 0.29) is 19.0 Å². The summed E-state index contributed by atoms with van der Waals surface area (Å²) in [5.41, 5.74) is -1.31. The number of unbranched alkanes of at least 4 members (excludes halogenated alkanes) is 13.